The van der Waals surface area contributed by atoms with Crippen LogP contribution in [0.3, 0.4) is 0 Å². The molecule has 0 aromatic carbocycles. The summed E-state index contributed by atoms with van der Waals surface area (Å²) in [7, 11) is 0. The van der Waals surface area contributed by atoms with Gasteiger partial charge >= 0.3 is 0 Å². The molecule has 4 unspecified atom stereocenters. The van der Waals surface area contributed by atoms with Gasteiger partial charge in [0, 0.05) is 12.6 Å². The van der Waals surface area contributed by atoms with E-state index < -0.39 is 0 Å². The highest BCUT2D eigenvalue weighted by molar-refractivity contribution is 7.80. The topological polar surface area (TPSA) is 24.1 Å². The van der Waals surface area contributed by atoms with Crippen molar-refractivity contribution in [1.29, 1.82) is 0 Å². The summed E-state index contributed by atoms with van der Waals surface area (Å²) < 4.78 is 0. The lowest BCUT2D eigenvalue weighted by atomic mass is 9.84. The second-order valence-corrected chi connectivity index (χ2v) is 6.29. The highest BCUT2D eigenvalue weighted by Gasteiger charge is 2.41. The molecule has 2 nitrogen and oxygen atoms in total. The Morgan fingerprint density at radius 1 is 1.35 bits per heavy atom. The van der Waals surface area contributed by atoms with Gasteiger partial charge in [0.2, 0.25) is 0 Å². The van der Waals surface area contributed by atoms with Crippen LogP contribution >= 0.6 is 12.2 Å². The van der Waals surface area contributed by atoms with Crippen molar-refractivity contribution in [3.63, 3.8) is 0 Å². The Morgan fingerprint density at radius 3 is 2.76 bits per heavy atom. The molecule has 2 saturated carbocycles. The molecule has 3 heteroatoms. The van der Waals surface area contributed by atoms with E-state index in [2.05, 4.69) is 24.5 Å². The maximum absolute atomic E-state index is 5.34. The third kappa shape index (κ3) is 3.34. The van der Waals surface area contributed by atoms with Crippen molar-refractivity contribution in [3.05, 3.63) is 0 Å². The number of thiocarbonyl (C=S) groups is 1. The molecule has 0 aromatic rings. The Hall–Kier alpha value is -0.310. The van der Waals surface area contributed by atoms with Crippen molar-refractivity contribution in [2.24, 2.45) is 17.8 Å². The number of fused-ring (bicyclic) bond motifs is 2. The van der Waals surface area contributed by atoms with Crippen molar-refractivity contribution in [2.75, 3.05) is 6.54 Å². The van der Waals surface area contributed by atoms with Gasteiger partial charge in [-0.25, -0.2) is 0 Å². The minimum Gasteiger partial charge on any atom is -0.363 e. The van der Waals surface area contributed by atoms with Crippen LogP contribution in [0.2, 0.25) is 0 Å². The van der Waals surface area contributed by atoms with Crippen LogP contribution in [0.25, 0.3) is 0 Å². The first kappa shape index (κ1) is 13.1. The first-order valence-electron chi connectivity index (χ1n) is 7.25. The molecule has 4 atom stereocenters. The Balaban J connectivity index is 1.70. The Kier molecular flexibility index (Phi) is 4.66. The number of hydrogen-bond acceptors (Lipinski definition) is 1. The molecule has 2 rings (SSSR count). The van der Waals surface area contributed by atoms with Crippen molar-refractivity contribution >= 4 is 17.3 Å². The zero-order valence-corrected chi connectivity index (χ0v) is 12.0. The summed E-state index contributed by atoms with van der Waals surface area (Å²) in [6, 6.07) is 0.548. The summed E-state index contributed by atoms with van der Waals surface area (Å²) >= 11 is 5.34. The summed E-state index contributed by atoms with van der Waals surface area (Å²) in [5, 5.41) is 7.64. The van der Waals surface area contributed by atoms with Gasteiger partial charge < -0.3 is 10.6 Å². The molecule has 17 heavy (non-hydrogen) atoms. The van der Waals surface area contributed by atoms with E-state index in [0.29, 0.717) is 6.04 Å². The molecule has 2 fully saturated rings. The lowest BCUT2D eigenvalue weighted by molar-refractivity contribution is 0.278. The summed E-state index contributed by atoms with van der Waals surface area (Å²) in [6.45, 7) is 5.51. The molecule has 2 N–H and O–H groups in total. The zero-order chi connectivity index (χ0) is 12.3. The molecule has 0 aromatic heterocycles. The average molecular weight is 254 g/mol. The van der Waals surface area contributed by atoms with E-state index in [0.717, 1.165) is 29.4 Å². The molecule has 0 aliphatic heterocycles. The molecular formula is C14H26N2S. The second kappa shape index (κ2) is 6.03. The molecule has 2 aliphatic rings. The maximum Gasteiger partial charge on any atom is 0.166 e. The molecule has 2 bridgehead atoms. The Bertz CT molecular complexity index is 267. The fraction of sp³-hybridized carbons (Fsp3) is 0.929. The normalized spacial score (nSPS) is 32.5. The second-order valence-electron chi connectivity index (χ2n) is 5.88. The fourth-order valence-electron chi connectivity index (χ4n) is 3.65. The molecule has 0 saturated heterocycles. The van der Waals surface area contributed by atoms with E-state index in [1.165, 1.54) is 38.5 Å². The van der Waals surface area contributed by atoms with Crippen molar-refractivity contribution in [3.8, 4) is 0 Å². The van der Waals surface area contributed by atoms with E-state index in [1.54, 1.807) is 0 Å². The molecule has 0 radical (unpaired) electrons. The Morgan fingerprint density at radius 2 is 2.18 bits per heavy atom. The number of rotatable bonds is 5. The summed E-state index contributed by atoms with van der Waals surface area (Å²) in [5.41, 5.74) is 0. The monoisotopic (exact) mass is 254 g/mol. The van der Waals surface area contributed by atoms with Crippen LogP contribution in [0.5, 0.6) is 0 Å². The van der Waals surface area contributed by atoms with Crippen LogP contribution in [-0.2, 0) is 0 Å². The maximum atomic E-state index is 5.34. The molecule has 2 aliphatic carbocycles. The van der Waals surface area contributed by atoms with Gasteiger partial charge in [0.15, 0.2) is 5.11 Å². The largest absolute Gasteiger partial charge is 0.363 e. The van der Waals surface area contributed by atoms with Crippen molar-refractivity contribution < 1.29 is 0 Å². The van der Waals surface area contributed by atoms with Crippen LogP contribution < -0.4 is 10.6 Å². The van der Waals surface area contributed by atoms with E-state index in [9.17, 15) is 0 Å². The van der Waals surface area contributed by atoms with E-state index in [4.69, 9.17) is 12.2 Å². The predicted octanol–water partition coefficient (Wildman–Crippen LogP) is 3.08. The molecule has 0 spiro atoms. The predicted molar refractivity (Wildman–Crippen MR) is 77.0 cm³/mol. The van der Waals surface area contributed by atoms with E-state index in [-0.39, 0.29) is 0 Å². The summed E-state index contributed by atoms with van der Waals surface area (Å²) in [5.74, 6) is 2.86. The minimum atomic E-state index is 0.548. The van der Waals surface area contributed by atoms with Crippen molar-refractivity contribution in [1.82, 2.24) is 10.6 Å². The zero-order valence-electron chi connectivity index (χ0n) is 11.2. The SMILES string of the molecule is CCCCNC(=S)NC(C)C1CC2CCC1C2. The van der Waals surface area contributed by atoms with Crippen molar-refractivity contribution in [2.45, 2.75) is 58.4 Å². The smallest absolute Gasteiger partial charge is 0.166 e. The standard InChI is InChI=1S/C14H26N2S/c1-3-4-7-15-14(17)16-10(2)13-9-11-5-6-12(13)8-11/h10-13H,3-9H2,1-2H3,(H2,15,16,17). The van der Waals surface area contributed by atoms with Gasteiger partial charge in [-0.1, -0.05) is 19.8 Å². The third-order valence-corrected chi connectivity index (χ3v) is 4.87. The lowest BCUT2D eigenvalue weighted by Crippen LogP contribution is -2.45. The highest BCUT2D eigenvalue weighted by Crippen LogP contribution is 2.49. The van der Waals surface area contributed by atoms with Crippen LogP contribution in [0.15, 0.2) is 0 Å². The van der Waals surface area contributed by atoms with Gasteiger partial charge in [0.25, 0.3) is 0 Å². The molecular weight excluding hydrogens is 228 g/mol. The highest BCUT2D eigenvalue weighted by atomic mass is 32.1. The van der Waals surface area contributed by atoms with Crippen LogP contribution in [0.4, 0.5) is 0 Å². The first-order chi connectivity index (χ1) is 8.20. The first-order valence-corrected chi connectivity index (χ1v) is 7.66. The number of hydrogen-bond donors (Lipinski definition) is 2. The Labute approximate surface area is 111 Å². The van der Waals surface area contributed by atoms with Gasteiger partial charge in [0.1, 0.15) is 0 Å². The minimum absolute atomic E-state index is 0.548. The number of nitrogens with one attached hydrogen (secondary N) is 2. The van der Waals surface area contributed by atoms with Gasteiger partial charge in [-0.15, -0.1) is 0 Å². The number of unbranched alkanes of at least 4 members (excludes halogenated alkanes) is 1. The molecule has 0 heterocycles. The van der Waals surface area contributed by atoms with Crippen LogP contribution in [0.1, 0.15) is 52.4 Å². The third-order valence-electron chi connectivity index (χ3n) is 4.61. The van der Waals surface area contributed by atoms with Gasteiger partial charge in [-0.2, -0.15) is 0 Å². The van der Waals surface area contributed by atoms with Gasteiger partial charge in [-0.3, -0.25) is 0 Å². The lowest BCUT2D eigenvalue weighted by Gasteiger charge is -2.29. The van der Waals surface area contributed by atoms with Gasteiger partial charge in [-0.05, 0) is 62.6 Å². The summed E-state index contributed by atoms with van der Waals surface area (Å²) in [4.78, 5) is 0. The average Bonchev–Trinajstić information content (AvgIpc) is 2.91. The van der Waals surface area contributed by atoms with Crippen LogP contribution in [0, 0.1) is 17.8 Å². The van der Waals surface area contributed by atoms with E-state index >= 15 is 0 Å². The van der Waals surface area contributed by atoms with Crippen LogP contribution in [-0.4, -0.2) is 17.7 Å². The molecule has 98 valence electrons. The van der Waals surface area contributed by atoms with Gasteiger partial charge in [0.05, 0.1) is 0 Å². The summed E-state index contributed by atoms with van der Waals surface area (Å²) in [6.07, 6.45) is 8.26. The fourth-order valence-corrected chi connectivity index (χ4v) is 3.94. The quantitative estimate of drug-likeness (QED) is 0.582. The van der Waals surface area contributed by atoms with E-state index in [1.807, 2.05) is 0 Å². The molecule has 0 amide bonds.